The van der Waals surface area contributed by atoms with Crippen molar-refractivity contribution in [3.63, 3.8) is 0 Å². The molecular weight excluding hydrogens is 228 g/mol. The lowest BCUT2D eigenvalue weighted by atomic mass is 9.60. The minimum absolute atomic E-state index is 0.129. The van der Waals surface area contributed by atoms with Crippen LogP contribution in [-0.2, 0) is 9.59 Å². The summed E-state index contributed by atoms with van der Waals surface area (Å²) < 4.78 is 0. The molecule has 0 aromatic carbocycles. The maximum atomic E-state index is 12.0. The number of rotatable bonds is 2. The highest BCUT2D eigenvalue weighted by molar-refractivity contribution is 6.08. The molecule has 0 radical (unpaired) electrons. The van der Waals surface area contributed by atoms with Gasteiger partial charge in [-0.1, -0.05) is 26.8 Å². The first-order valence-electron chi connectivity index (χ1n) is 6.52. The molecule has 4 atom stereocenters. The molecule has 0 aromatic heterocycles. The van der Waals surface area contributed by atoms with Crippen molar-refractivity contribution >= 4 is 12.1 Å². The first-order chi connectivity index (χ1) is 8.40. The standard InChI is InChI=1S/C15H20O3/c1-9(8-16)11-7-15(3)10(2)4-5-13(17)12(15)6-14(11)18/h6-10,13,17H,4-5H2,1-3H3/t9-,10+,13-,15-/m1/s1. The topological polar surface area (TPSA) is 54.4 Å². The number of aliphatic hydroxyl groups is 1. The minimum Gasteiger partial charge on any atom is -0.389 e. The van der Waals surface area contributed by atoms with E-state index in [2.05, 4.69) is 13.8 Å². The predicted molar refractivity (Wildman–Crippen MR) is 68.9 cm³/mol. The fraction of sp³-hybridized carbons (Fsp3) is 0.600. The fourth-order valence-corrected chi connectivity index (χ4v) is 3.03. The summed E-state index contributed by atoms with van der Waals surface area (Å²) in [7, 11) is 0. The molecule has 2 aliphatic carbocycles. The Balaban J connectivity index is 2.48. The van der Waals surface area contributed by atoms with E-state index in [1.165, 1.54) is 0 Å². The lowest BCUT2D eigenvalue weighted by Crippen LogP contribution is -2.40. The van der Waals surface area contributed by atoms with Gasteiger partial charge in [-0.3, -0.25) is 4.79 Å². The van der Waals surface area contributed by atoms with Crippen LogP contribution in [0, 0.1) is 17.3 Å². The number of fused-ring (bicyclic) bond motifs is 1. The smallest absolute Gasteiger partial charge is 0.182 e. The Labute approximate surface area is 108 Å². The molecule has 2 rings (SSSR count). The molecule has 0 aliphatic heterocycles. The Morgan fingerprint density at radius 1 is 1.50 bits per heavy atom. The third-order valence-corrected chi connectivity index (χ3v) is 4.60. The van der Waals surface area contributed by atoms with Gasteiger partial charge in [-0.25, -0.2) is 0 Å². The van der Waals surface area contributed by atoms with Gasteiger partial charge in [0.05, 0.1) is 6.10 Å². The Morgan fingerprint density at radius 3 is 2.78 bits per heavy atom. The second-order valence-electron chi connectivity index (χ2n) is 5.77. The van der Waals surface area contributed by atoms with Crippen LogP contribution in [0.25, 0.3) is 0 Å². The highest BCUT2D eigenvalue weighted by Crippen LogP contribution is 2.49. The number of aldehydes is 1. The van der Waals surface area contributed by atoms with Crippen LogP contribution < -0.4 is 0 Å². The molecule has 2 aliphatic rings. The van der Waals surface area contributed by atoms with Crippen molar-refractivity contribution in [3.8, 4) is 0 Å². The molecule has 0 bridgehead atoms. The van der Waals surface area contributed by atoms with E-state index in [-0.39, 0.29) is 17.1 Å². The molecule has 0 heterocycles. The summed E-state index contributed by atoms with van der Waals surface area (Å²) in [4.78, 5) is 22.9. The molecule has 0 amide bonds. The summed E-state index contributed by atoms with van der Waals surface area (Å²) in [5.74, 6) is -0.136. The Bertz CT molecular complexity index is 447. The third kappa shape index (κ3) is 1.87. The SMILES string of the molecule is C[C@H](C=O)C1=C[C@@]2(C)C(=CC1=O)[C@H](O)CC[C@@H]2C. The van der Waals surface area contributed by atoms with Crippen molar-refractivity contribution in [3.05, 3.63) is 23.3 Å². The van der Waals surface area contributed by atoms with Crippen LogP contribution in [0.2, 0.25) is 0 Å². The number of aliphatic hydroxyl groups excluding tert-OH is 1. The molecule has 1 fully saturated rings. The molecule has 3 heteroatoms. The Hall–Kier alpha value is -1.22. The van der Waals surface area contributed by atoms with Crippen molar-refractivity contribution in [2.24, 2.45) is 17.3 Å². The first kappa shape index (κ1) is 13.2. The molecule has 0 unspecified atom stereocenters. The Morgan fingerprint density at radius 2 is 2.17 bits per heavy atom. The van der Waals surface area contributed by atoms with Gasteiger partial charge in [-0.15, -0.1) is 0 Å². The van der Waals surface area contributed by atoms with Crippen molar-refractivity contribution in [2.45, 2.75) is 39.7 Å². The zero-order valence-electron chi connectivity index (χ0n) is 11.1. The maximum Gasteiger partial charge on any atom is 0.182 e. The number of carbonyl (C=O) groups excluding carboxylic acids is 2. The van der Waals surface area contributed by atoms with Gasteiger partial charge in [0.1, 0.15) is 6.29 Å². The summed E-state index contributed by atoms with van der Waals surface area (Å²) >= 11 is 0. The van der Waals surface area contributed by atoms with Crippen molar-refractivity contribution in [1.29, 1.82) is 0 Å². The van der Waals surface area contributed by atoms with Gasteiger partial charge in [0, 0.05) is 16.9 Å². The number of allylic oxidation sites excluding steroid dienone is 3. The Kier molecular flexibility index (Phi) is 3.28. The maximum absolute atomic E-state index is 12.0. The van der Waals surface area contributed by atoms with E-state index in [1.54, 1.807) is 13.0 Å². The largest absolute Gasteiger partial charge is 0.389 e. The van der Waals surface area contributed by atoms with Crippen molar-refractivity contribution in [2.75, 3.05) is 0 Å². The first-order valence-corrected chi connectivity index (χ1v) is 6.52. The molecular formula is C15H20O3. The van der Waals surface area contributed by atoms with Crippen LogP contribution in [-0.4, -0.2) is 23.3 Å². The third-order valence-electron chi connectivity index (χ3n) is 4.60. The van der Waals surface area contributed by atoms with Crippen LogP contribution in [0.4, 0.5) is 0 Å². The van der Waals surface area contributed by atoms with Crippen molar-refractivity contribution in [1.82, 2.24) is 0 Å². The van der Waals surface area contributed by atoms with Gasteiger partial charge in [-0.05, 0) is 30.4 Å². The van der Waals surface area contributed by atoms with Gasteiger partial charge in [-0.2, -0.15) is 0 Å². The monoisotopic (exact) mass is 248 g/mol. The summed E-state index contributed by atoms with van der Waals surface area (Å²) in [5, 5.41) is 10.1. The van der Waals surface area contributed by atoms with Gasteiger partial charge in [0.25, 0.3) is 0 Å². The average molecular weight is 248 g/mol. The second-order valence-corrected chi connectivity index (χ2v) is 5.77. The van der Waals surface area contributed by atoms with Crippen molar-refractivity contribution < 1.29 is 14.7 Å². The molecule has 3 nitrogen and oxygen atoms in total. The van der Waals surface area contributed by atoms with E-state index in [0.717, 1.165) is 18.3 Å². The fourth-order valence-electron chi connectivity index (χ4n) is 3.03. The van der Waals surface area contributed by atoms with Crippen LogP contribution in [0.15, 0.2) is 23.3 Å². The number of hydrogen-bond acceptors (Lipinski definition) is 3. The quantitative estimate of drug-likeness (QED) is 0.761. The van der Waals surface area contributed by atoms with Gasteiger partial charge >= 0.3 is 0 Å². The van der Waals surface area contributed by atoms with E-state index in [0.29, 0.717) is 17.9 Å². The molecule has 0 saturated heterocycles. The molecule has 0 aromatic rings. The molecule has 0 spiro atoms. The highest BCUT2D eigenvalue weighted by Gasteiger charge is 2.43. The van der Waals surface area contributed by atoms with Gasteiger partial charge in [0.15, 0.2) is 5.78 Å². The molecule has 1 N–H and O–H groups in total. The molecule has 98 valence electrons. The van der Waals surface area contributed by atoms with E-state index in [4.69, 9.17) is 0 Å². The predicted octanol–water partition coefficient (Wildman–Crippen LogP) is 2.05. The summed E-state index contributed by atoms with van der Waals surface area (Å²) in [6.07, 6.45) is 5.38. The van der Waals surface area contributed by atoms with Crippen LogP contribution >= 0.6 is 0 Å². The lowest BCUT2D eigenvalue weighted by Gasteiger charge is -2.44. The number of ketones is 1. The number of hydrogen-bond donors (Lipinski definition) is 1. The summed E-state index contributed by atoms with van der Waals surface area (Å²) in [6.45, 7) is 5.92. The zero-order chi connectivity index (χ0) is 13.5. The highest BCUT2D eigenvalue weighted by atomic mass is 16.3. The van der Waals surface area contributed by atoms with Crippen LogP contribution in [0.3, 0.4) is 0 Å². The lowest BCUT2D eigenvalue weighted by molar-refractivity contribution is -0.115. The van der Waals surface area contributed by atoms with E-state index in [1.807, 2.05) is 6.08 Å². The number of carbonyl (C=O) groups is 2. The normalized spacial score (nSPS) is 37.4. The van der Waals surface area contributed by atoms with Gasteiger partial charge in [0.2, 0.25) is 0 Å². The average Bonchev–Trinajstić information content (AvgIpc) is 2.35. The zero-order valence-corrected chi connectivity index (χ0v) is 11.1. The van der Waals surface area contributed by atoms with E-state index < -0.39 is 6.10 Å². The van der Waals surface area contributed by atoms with E-state index >= 15 is 0 Å². The minimum atomic E-state index is -0.528. The summed E-state index contributed by atoms with van der Waals surface area (Å²) in [6, 6.07) is 0. The second kappa shape index (κ2) is 4.47. The van der Waals surface area contributed by atoms with Gasteiger partial charge < -0.3 is 9.90 Å². The molecule has 18 heavy (non-hydrogen) atoms. The van der Waals surface area contributed by atoms with E-state index in [9.17, 15) is 14.7 Å². The van der Waals surface area contributed by atoms with Crippen LogP contribution in [0.1, 0.15) is 33.6 Å². The van der Waals surface area contributed by atoms with Crippen LogP contribution in [0.5, 0.6) is 0 Å². The molecule has 1 saturated carbocycles. The summed E-state index contributed by atoms with van der Waals surface area (Å²) in [5.41, 5.74) is 1.09.